The first-order valence-electron chi connectivity index (χ1n) is 4.17. The van der Waals surface area contributed by atoms with Crippen molar-refractivity contribution in [2.45, 2.75) is 31.7 Å². The number of nitrogens with one attached hydrogen (secondary N) is 1. The second kappa shape index (κ2) is 2.49. The monoisotopic (exact) mass is 203 g/mol. The summed E-state index contributed by atoms with van der Waals surface area (Å²) < 4.78 is 0. The predicted octanol–water partition coefficient (Wildman–Crippen LogP) is 1.91. The summed E-state index contributed by atoms with van der Waals surface area (Å²) in [5.74, 6) is 0. The zero-order valence-electron chi connectivity index (χ0n) is 6.20. The molecule has 0 spiro atoms. The van der Waals surface area contributed by atoms with Gasteiger partial charge < -0.3 is 5.32 Å². The fourth-order valence-corrected chi connectivity index (χ4v) is 3.43. The van der Waals surface area contributed by atoms with Crippen LogP contribution in [-0.2, 0) is 0 Å². The van der Waals surface area contributed by atoms with Gasteiger partial charge in [-0.1, -0.05) is 22.4 Å². The van der Waals surface area contributed by atoms with Crippen LogP contribution in [0, 0.1) is 5.41 Å². The molecule has 1 heterocycles. The summed E-state index contributed by atoms with van der Waals surface area (Å²) in [5.41, 5.74) is 0.653. The van der Waals surface area contributed by atoms with Crippen molar-refractivity contribution in [3.8, 4) is 0 Å². The fraction of sp³-hybridized carbons (Fsp3) is 1.00. The van der Waals surface area contributed by atoms with Gasteiger partial charge in [0.25, 0.3) is 0 Å². The van der Waals surface area contributed by atoms with Crippen molar-refractivity contribution in [2.24, 2.45) is 5.41 Å². The van der Waals surface area contributed by atoms with Gasteiger partial charge >= 0.3 is 0 Å². The van der Waals surface area contributed by atoms with Gasteiger partial charge in [-0.25, -0.2) is 0 Å². The topological polar surface area (TPSA) is 12.0 Å². The SMILES string of the molecule is BrCC12CCCC1NCC2. The van der Waals surface area contributed by atoms with Crippen LogP contribution >= 0.6 is 15.9 Å². The van der Waals surface area contributed by atoms with Crippen LogP contribution in [0.25, 0.3) is 0 Å². The van der Waals surface area contributed by atoms with E-state index in [9.17, 15) is 0 Å². The summed E-state index contributed by atoms with van der Waals surface area (Å²) in [6.45, 7) is 1.25. The molecule has 0 aromatic heterocycles. The zero-order chi connectivity index (χ0) is 7.03. The van der Waals surface area contributed by atoms with Gasteiger partial charge in [0.15, 0.2) is 0 Å². The molecule has 2 rings (SSSR count). The van der Waals surface area contributed by atoms with E-state index in [1.54, 1.807) is 0 Å². The number of halogens is 1. The van der Waals surface area contributed by atoms with E-state index in [4.69, 9.17) is 0 Å². The van der Waals surface area contributed by atoms with E-state index < -0.39 is 0 Å². The average molecular weight is 204 g/mol. The first-order chi connectivity index (χ1) is 4.87. The molecular weight excluding hydrogens is 190 g/mol. The van der Waals surface area contributed by atoms with E-state index in [2.05, 4.69) is 21.2 Å². The number of alkyl halides is 1. The number of hydrogen-bond acceptors (Lipinski definition) is 1. The third-order valence-corrected chi connectivity index (χ3v) is 4.30. The molecule has 2 unspecified atom stereocenters. The quantitative estimate of drug-likeness (QED) is 0.643. The van der Waals surface area contributed by atoms with Gasteiger partial charge in [-0.3, -0.25) is 0 Å². The minimum absolute atomic E-state index is 0.653. The van der Waals surface area contributed by atoms with Crippen LogP contribution in [0.2, 0.25) is 0 Å². The zero-order valence-corrected chi connectivity index (χ0v) is 7.78. The molecule has 10 heavy (non-hydrogen) atoms. The Kier molecular flexibility index (Phi) is 1.77. The van der Waals surface area contributed by atoms with E-state index >= 15 is 0 Å². The van der Waals surface area contributed by atoms with Crippen molar-refractivity contribution < 1.29 is 0 Å². The van der Waals surface area contributed by atoms with Crippen molar-refractivity contribution >= 4 is 15.9 Å². The Morgan fingerprint density at radius 2 is 2.40 bits per heavy atom. The molecule has 1 N–H and O–H groups in total. The molecule has 2 aliphatic rings. The molecule has 2 heteroatoms. The van der Waals surface area contributed by atoms with Crippen molar-refractivity contribution in [2.75, 3.05) is 11.9 Å². The molecular formula is C8H14BrN. The van der Waals surface area contributed by atoms with Crippen molar-refractivity contribution in [3.05, 3.63) is 0 Å². The summed E-state index contributed by atoms with van der Waals surface area (Å²) in [6.07, 6.45) is 5.67. The van der Waals surface area contributed by atoms with E-state index in [1.807, 2.05) is 0 Å². The van der Waals surface area contributed by atoms with E-state index in [1.165, 1.54) is 37.6 Å². The standard InChI is InChI=1S/C8H14BrN/c9-6-8-3-1-2-7(8)10-5-4-8/h7,10H,1-6H2. The lowest BCUT2D eigenvalue weighted by atomic mass is 9.85. The molecule has 0 aromatic rings. The first kappa shape index (κ1) is 7.11. The van der Waals surface area contributed by atoms with Crippen LogP contribution in [0.5, 0.6) is 0 Å². The molecule has 1 nitrogen and oxygen atoms in total. The smallest absolute Gasteiger partial charge is 0.0132 e. The maximum Gasteiger partial charge on any atom is 0.0132 e. The lowest BCUT2D eigenvalue weighted by molar-refractivity contribution is 0.336. The maximum atomic E-state index is 3.63. The second-order valence-electron chi connectivity index (χ2n) is 3.64. The largest absolute Gasteiger partial charge is 0.313 e. The molecule has 1 saturated carbocycles. The Hall–Kier alpha value is 0.440. The molecule has 0 bridgehead atoms. The highest BCUT2D eigenvalue weighted by molar-refractivity contribution is 9.09. The third kappa shape index (κ3) is 0.850. The van der Waals surface area contributed by atoms with Crippen molar-refractivity contribution in [3.63, 3.8) is 0 Å². The van der Waals surface area contributed by atoms with Crippen LogP contribution in [0.3, 0.4) is 0 Å². The lowest BCUT2D eigenvalue weighted by Crippen LogP contribution is -2.32. The summed E-state index contributed by atoms with van der Waals surface area (Å²) in [5, 5.41) is 4.79. The van der Waals surface area contributed by atoms with Crippen molar-refractivity contribution in [1.82, 2.24) is 5.32 Å². The van der Waals surface area contributed by atoms with Gasteiger partial charge in [0.05, 0.1) is 0 Å². The second-order valence-corrected chi connectivity index (χ2v) is 4.21. The maximum absolute atomic E-state index is 3.63. The number of rotatable bonds is 1. The highest BCUT2D eigenvalue weighted by Crippen LogP contribution is 2.45. The Morgan fingerprint density at radius 1 is 1.50 bits per heavy atom. The third-order valence-electron chi connectivity index (χ3n) is 3.19. The van der Waals surface area contributed by atoms with Crippen LogP contribution < -0.4 is 5.32 Å². The molecule has 0 radical (unpaired) electrons. The van der Waals surface area contributed by atoms with Crippen LogP contribution in [0.1, 0.15) is 25.7 Å². The molecule has 1 aliphatic carbocycles. The average Bonchev–Trinajstić information content (AvgIpc) is 2.42. The Morgan fingerprint density at radius 3 is 3.10 bits per heavy atom. The normalized spacial score (nSPS) is 45.9. The van der Waals surface area contributed by atoms with Gasteiger partial charge in [0.2, 0.25) is 0 Å². The lowest BCUT2D eigenvalue weighted by Gasteiger charge is -2.25. The van der Waals surface area contributed by atoms with Gasteiger partial charge in [0.1, 0.15) is 0 Å². The fourth-order valence-electron chi connectivity index (χ4n) is 2.48. The van der Waals surface area contributed by atoms with Gasteiger partial charge in [-0.2, -0.15) is 0 Å². The van der Waals surface area contributed by atoms with Gasteiger partial charge in [-0.05, 0) is 31.2 Å². The molecule has 0 aromatic carbocycles. The van der Waals surface area contributed by atoms with Crippen LogP contribution in [0.15, 0.2) is 0 Å². The van der Waals surface area contributed by atoms with E-state index in [0.29, 0.717) is 5.41 Å². The predicted molar refractivity (Wildman–Crippen MR) is 46.5 cm³/mol. The molecule has 2 atom stereocenters. The summed E-state index contributed by atoms with van der Waals surface area (Å²) in [4.78, 5) is 0. The first-order valence-corrected chi connectivity index (χ1v) is 5.29. The molecule has 0 amide bonds. The molecule has 2 fully saturated rings. The van der Waals surface area contributed by atoms with E-state index in [0.717, 1.165) is 6.04 Å². The highest BCUT2D eigenvalue weighted by atomic mass is 79.9. The molecule has 1 saturated heterocycles. The summed E-state index contributed by atoms with van der Waals surface area (Å²) >= 11 is 3.63. The van der Waals surface area contributed by atoms with Crippen molar-refractivity contribution in [1.29, 1.82) is 0 Å². The van der Waals surface area contributed by atoms with Gasteiger partial charge in [-0.15, -0.1) is 0 Å². The number of hydrogen-bond donors (Lipinski definition) is 1. The van der Waals surface area contributed by atoms with Gasteiger partial charge in [0, 0.05) is 11.4 Å². The van der Waals surface area contributed by atoms with Crippen LogP contribution in [0.4, 0.5) is 0 Å². The summed E-state index contributed by atoms with van der Waals surface area (Å²) in [7, 11) is 0. The highest BCUT2D eigenvalue weighted by Gasteiger charge is 2.44. The Balaban J connectivity index is 2.15. The Labute approximate surface area is 70.7 Å². The summed E-state index contributed by atoms with van der Waals surface area (Å²) in [6, 6.07) is 0.840. The Bertz CT molecular complexity index is 125. The minimum atomic E-state index is 0.653. The number of fused-ring (bicyclic) bond motifs is 1. The molecule has 1 aliphatic heterocycles. The van der Waals surface area contributed by atoms with Crippen LogP contribution in [-0.4, -0.2) is 17.9 Å². The molecule has 58 valence electrons. The minimum Gasteiger partial charge on any atom is -0.313 e. The van der Waals surface area contributed by atoms with E-state index in [-0.39, 0.29) is 0 Å².